The predicted molar refractivity (Wildman–Crippen MR) is 136 cm³/mol. The van der Waals surface area contributed by atoms with Crippen LogP contribution in [0.2, 0.25) is 5.02 Å². The third kappa shape index (κ3) is 4.99. The number of nitrogens with one attached hydrogen (secondary N) is 1. The fraction of sp³-hybridized carbons (Fsp3) is 0.154. The normalized spacial score (nSPS) is 15.2. The Balaban J connectivity index is 1.62. The highest BCUT2D eigenvalue weighted by Gasteiger charge is 2.38. The number of ether oxygens (including phenoxy) is 1. The van der Waals surface area contributed by atoms with Crippen molar-refractivity contribution in [3.05, 3.63) is 99.6 Å². The SMILES string of the molecule is COC(=O)C1=C(C)N(c2ccc(C)c(Cl)c2)C(=O)/C1=C/c1ccc(CNS(=O)(=O)c2ccccc2)o1. The molecule has 1 amide bonds. The average molecular weight is 527 g/mol. The molecule has 36 heavy (non-hydrogen) atoms. The van der Waals surface area contributed by atoms with Crippen molar-refractivity contribution in [2.24, 2.45) is 0 Å². The van der Waals surface area contributed by atoms with Gasteiger partial charge in [-0.15, -0.1) is 0 Å². The van der Waals surface area contributed by atoms with Gasteiger partial charge in [0.25, 0.3) is 5.91 Å². The molecule has 0 spiro atoms. The summed E-state index contributed by atoms with van der Waals surface area (Å²) in [6.07, 6.45) is 1.43. The van der Waals surface area contributed by atoms with Gasteiger partial charge in [0.05, 0.1) is 35.4 Å². The number of nitrogens with zero attached hydrogens (tertiary/aromatic N) is 1. The number of sulfonamides is 1. The molecule has 2 heterocycles. The van der Waals surface area contributed by atoms with Gasteiger partial charge in [0.1, 0.15) is 11.5 Å². The van der Waals surface area contributed by atoms with Crippen molar-refractivity contribution in [1.82, 2.24) is 4.72 Å². The number of furan rings is 1. The number of hydrogen-bond donors (Lipinski definition) is 1. The van der Waals surface area contributed by atoms with E-state index in [9.17, 15) is 18.0 Å². The van der Waals surface area contributed by atoms with Crippen LogP contribution in [0.4, 0.5) is 5.69 Å². The number of carbonyl (C=O) groups is 2. The van der Waals surface area contributed by atoms with Crippen LogP contribution in [0.25, 0.3) is 6.08 Å². The van der Waals surface area contributed by atoms with Crippen molar-refractivity contribution in [3.63, 3.8) is 0 Å². The topological polar surface area (TPSA) is 106 Å². The van der Waals surface area contributed by atoms with Gasteiger partial charge in [0.15, 0.2) is 0 Å². The number of methoxy groups -OCH3 is 1. The van der Waals surface area contributed by atoms with Gasteiger partial charge in [-0.05, 0) is 61.9 Å². The summed E-state index contributed by atoms with van der Waals surface area (Å²) in [5, 5.41) is 0.485. The van der Waals surface area contributed by atoms with Gasteiger partial charge in [-0.1, -0.05) is 35.9 Å². The van der Waals surface area contributed by atoms with Crippen molar-refractivity contribution in [2.45, 2.75) is 25.3 Å². The minimum atomic E-state index is -3.72. The smallest absolute Gasteiger partial charge is 0.340 e. The Kier molecular flexibility index (Phi) is 7.16. The maximum absolute atomic E-state index is 13.4. The van der Waals surface area contributed by atoms with Crippen LogP contribution in [0.1, 0.15) is 24.0 Å². The summed E-state index contributed by atoms with van der Waals surface area (Å²) < 4.78 is 38.0. The maximum atomic E-state index is 13.4. The fourth-order valence-electron chi connectivity index (χ4n) is 3.77. The predicted octanol–water partition coefficient (Wildman–Crippen LogP) is 4.60. The lowest BCUT2D eigenvalue weighted by Gasteiger charge is -2.18. The molecule has 2 aromatic carbocycles. The number of benzene rings is 2. The Bertz CT molecular complexity index is 1510. The van der Waals surface area contributed by atoms with Crippen LogP contribution < -0.4 is 9.62 Å². The summed E-state index contributed by atoms with van der Waals surface area (Å²) in [7, 11) is -2.49. The summed E-state index contributed by atoms with van der Waals surface area (Å²) in [5.41, 5.74) is 1.93. The van der Waals surface area contributed by atoms with Crippen molar-refractivity contribution in [3.8, 4) is 0 Å². The molecule has 1 aliphatic rings. The molecule has 0 saturated heterocycles. The minimum Gasteiger partial charge on any atom is -0.465 e. The van der Waals surface area contributed by atoms with Crippen molar-refractivity contribution >= 4 is 45.3 Å². The van der Waals surface area contributed by atoms with Gasteiger partial charge in [0, 0.05) is 10.7 Å². The second-order valence-electron chi connectivity index (χ2n) is 8.03. The zero-order valence-corrected chi connectivity index (χ0v) is 21.3. The highest BCUT2D eigenvalue weighted by Crippen LogP contribution is 2.37. The monoisotopic (exact) mass is 526 g/mol. The average Bonchev–Trinajstić information content (AvgIpc) is 3.41. The Morgan fingerprint density at radius 1 is 1.11 bits per heavy atom. The highest BCUT2D eigenvalue weighted by atomic mass is 35.5. The highest BCUT2D eigenvalue weighted by molar-refractivity contribution is 7.89. The van der Waals surface area contributed by atoms with E-state index in [4.69, 9.17) is 20.8 Å². The number of carbonyl (C=O) groups excluding carboxylic acids is 2. The lowest BCUT2D eigenvalue weighted by Crippen LogP contribution is -2.24. The van der Waals surface area contributed by atoms with Gasteiger partial charge in [-0.25, -0.2) is 17.9 Å². The third-order valence-electron chi connectivity index (χ3n) is 5.66. The molecule has 0 fully saturated rings. The molecule has 1 aromatic heterocycles. The van der Waals surface area contributed by atoms with Gasteiger partial charge in [-0.2, -0.15) is 0 Å². The first-order valence-corrected chi connectivity index (χ1v) is 12.7. The van der Waals surface area contributed by atoms with E-state index < -0.39 is 21.9 Å². The number of amides is 1. The molecule has 0 saturated carbocycles. The summed E-state index contributed by atoms with van der Waals surface area (Å²) in [5.74, 6) is -0.523. The molecule has 10 heteroatoms. The maximum Gasteiger partial charge on any atom is 0.340 e. The van der Waals surface area contributed by atoms with E-state index in [2.05, 4.69) is 4.72 Å². The molecule has 186 valence electrons. The Hall–Kier alpha value is -3.66. The summed E-state index contributed by atoms with van der Waals surface area (Å²) in [4.78, 5) is 27.5. The van der Waals surface area contributed by atoms with Crippen LogP contribution in [0.15, 0.2) is 86.8 Å². The molecule has 0 bridgehead atoms. The van der Waals surface area contributed by atoms with E-state index in [-0.39, 0.29) is 28.3 Å². The van der Waals surface area contributed by atoms with E-state index in [1.165, 1.54) is 30.2 Å². The van der Waals surface area contributed by atoms with Crippen molar-refractivity contribution < 1.29 is 27.2 Å². The molecular formula is C26H23ClN2O6S. The number of halogens is 1. The fourth-order valence-corrected chi connectivity index (χ4v) is 4.96. The summed E-state index contributed by atoms with van der Waals surface area (Å²) in [6, 6.07) is 16.3. The second-order valence-corrected chi connectivity index (χ2v) is 10.2. The largest absolute Gasteiger partial charge is 0.465 e. The van der Waals surface area contributed by atoms with Crippen LogP contribution in [0.3, 0.4) is 0 Å². The quantitative estimate of drug-likeness (QED) is 0.356. The number of rotatable bonds is 7. The number of allylic oxidation sites excluding steroid dienone is 1. The summed E-state index contributed by atoms with van der Waals surface area (Å²) in [6.45, 7) is 3.39. The van der Waals surface area contributed by atoms with Gasteiger partial charge in [-0.3, -0.25) is 9.69 Å². The summed E-state index contributed by atoms with van der Waals surface area (Å²) >= 11 is 6.26. The zero-order valence-electron chi connectivity index (χ0n) is 19.7. The van der Waals surface area contributed by atoms with Gasteiger partial charge >= 0.3 is 5.97 Å². The standard InChI is InChI=1S/C26H23ClN2O6S/c1-16-9-10-18(13-23(16)27)29-17(2)24(26(31)34-3)22(25(29)30)14-19-11-12-20(35-19)15-28-36(32,33)21-7-5-4-6-8-21/h4-14,28H,15H2,1-3H3/b22-14+. The van der Waals surface area contributed by atoms with Crippen LogP contribution in [0, 0.1) is 6.92 Å². The number of anilines is 1. The Morgan fingerprint density at radius 3 is 2.50 bits per heavy atom. The number of hydrogen-bond acceptors (Lipinski definition) is 6. The molecule has 0 radical (unpaired) electrons. The van der Waals surface area contributed by atoms with Crippen molar-refractivity contribution in [2.75, 3.05) is 12.0 Å². The lowest BCUT2D eigenvalue weighted by molar-refractivity contribution is -0.136. The van der Waals surface area contributed by atoms with Gasteiger partial charge in [0.2, 0.25) is 10.0 Å². The second kappa shape index (κ2) is 10.1. The lowest BCUT2D eigenvalue weighted by atomic mass is 10.1. The van der Waals surface area contributed by atoms with Crippen LogP contribution in [0.5, 0.6) is 0 Å². The van der Waals surface area contributed by atoms with E-state index in [0.717, 1.165) is 5.56 Å². The molecule has 4 rings (SSSR count). The zero-order chi connectivity index (χ0) is 26.0. The molecule has 8 nitrogen and oxygen atoms in total. The first-order chi connectivity index (χ1) is 17.1. The van der Waals surface area contributed by atoms with E-state index in [1.54, 1.807) is 55.5 Å². The molecule has 0 aliphatic carbocycles. The van der Waals surface area contributed by atoms with E-state index in [0.29, 0.717) is 22.2 Å². The van der Waals surface area contributed by atoms with E-state index in [1.807, 2.05) is 6.92 Å². The third-order valence-corrected chi connectivity index (χ3v) is 7.49. The van der Waals surface area contributed by atoms with Crippen LogP contribution in [-0.2, 0) is 30.9 Å². The van der Waals surface area contributed by atoms with Crippen molar-refractivity contribution in [1.29, 1.82) is 0 Å². The molecule has 1 aliphatic heterocycles. The molecule has 1 N–H and O–H groups in total. The Morgan fingerprint density at radius 2 is 1.83 bits per heavy atom. The number of aryl methyl sites for hydroxylation is 1. The number of esters is 1. The Labute approximate surface area is 213 Å². The molecule has 0 atom stereocenters. The van der Waals surface area contributed by atoms with Crippen LogP contribution in [-0.4, -0.2) is 27.4 Å². The first-order valence-electron chi connectivity index (χ1n) is 10.9. The van der Waals surface area contributed by atoms with Crippen LogP contribution >= 0.6 is 11.6 Å². The minimum absolute atomic E-state index is 0.0850. The van der Waals surface area contributed by atoms with Gasteiger partial charge < -0.3 is 9.15 Å². The molecule has 0 unspecified atom stereocenters. The first kappa shape index (κ1) is 25.4. The molecule has 3 aromatic rings. The molecular weight excluding hydrogens is 504 g/mol. The van der Waals surface area contributed by atoms with E-state index >= 15 is 0 Å².